The van der Waals surface area contributed by atoms with E-state index in [2.05, 4.69) is 0 Å². The summed E-state index contributed by atoms with van der Waals surface area (Å²) in [6.07, 6.45) is -3.54. The van der Waals surface area contributed by atoms with Crippen LogP contribution in [0.1, 0.15) is 49.3 Å². The van der Waals surface area contributed by atoms with E-state index in [1.54, 1.807) is 0 Å². The van der Waals surface area contributed by atoms with Crippen molar-refractivity contribution in [2.24, 2.45) is 5.92 Å². The first-order valence-electron chi connectivity index (χ1n) is 7.33. The molecule has 1 atom stereocenters. The highest BCUT2D eigenvalue weighted by molar-refractivity contribution is 5.41. The molecule has 1 heterocycles. The van der Waals surface area contributed by atoms with Crippen molar-refractivity contribution in [2.75, 3.05) is 0 Å². The van der Waals surface area contributed by atoms with Crippen molar-refractivity contribution < 1.29 is 23.0 Å². The molecule has 2 nitrogen and oxygen atoms in total. The summed E-state index contributed by atoms with van der Waals surface area (Å²) in [6, 6.07) is 5.59. The van der Waals surface area contributed by atoms with Crippen LogP contribution in [-0.4, -0.2) is 16.9 Å². The maximum Gasteiger partial charge on any atom is 0.391 e. The van der Waals surface area contributed by atoms with Gasteiger partial charge in [-0.05, 0) is 44.7 Å². The van der Waals surface area contributed by atoms with Crippen LogP contribution in [0, 0.1) is 12.8 Å². The van der Waals surface area contributed by atoms with E-state index >= 15 is 0 Å². The quantitative estimate of drug-likeness (QED) is 0.774. The molecule has 5 heteroatoms. The maximum atomic E-state index is 12.8. The molecule has 2 aliphatic rings. The van der Waals surface area contributed by atoms with Crippen LogP contribution in [0.5, 0.6) is 5.75 Å². The number of rotatable bonds is 0. The minimum absolute atomic E-state index is 0.0808. The highest BCUT2D eigenvalue weighted by atomic mass is 19.4. The molecule has 3 rings (SSSR count). The number of hydrogen-bond acceptors (Lipinski definition) is 2. The van der Waals surface area contributed by atoms with Gasteiger partial charge in [0.1, 0.15) is 11.4 Å². The molecule has 0 saturated heterocycles. The fraction of sp³-hybridized carbons (Fsp3) is 0.625. The smallest absolute Gasteiger partial charge is 0.391 e. The van der Waals surface area contributed by atoms with Gasteiger partial charge in [0.2, 0.25) is 0 Å². The van der Waals surface area contributed by atoms with E-state index in [0.29, 0.717) is 25.0 Å². The van der Waals surface area contributed by atoms with E-state index < -0.39 is 23.8 Å². The molecule has 21 heavy (non-hydrogen) atoms. The van der Waals surface area contributed by atoms with Crippen molar-refractivity contribution in [1.29, 1.82) is 0 Å². The Bertz CT molecular complexity index is 531. The lowest BCUT2D eigenvalue weighted by Crippen LogP contribution is -2.46. The molecule has 1 fully saturated rings. The lowest BCUT2D eigenvalue weighted by atomic mass is 9.73. The molecule has 0 amide bonds. The highest BCUT2D eigenvalue weighted by Gasteiger charge is 2.49. The van der Waals surface area contributed by atoms with Crippen LogP contribution < -0.4 is 4.74 Å². The van der Waals surface area contributed by atoms with Crippen LogP contribution in [0.2, 0.25) is 0 Å². The summed E-state index contributed by atoms with van der Waals surface area (Å²) in [7, 11) is 0. The number of aliphatic hydroxyl groups excluding tert-OH is 1. The predicted molar refractivity (Wildman–Crippen MR) is 72.1 cm³/mol. The molecule has 1 aromatic carbocycles. The zero-order valence-corrected chi connectivity index (χ0v) is 11.9. The number of fused-ring (bicyclic) bond motifs is 1. The summed E-state index contributed by atoms with van der Waals surface area (Å²) >= 11 is 0. The van der Waals surface area contributed by atoms with Crippen molar-refractivity contribution in [2.45, 2.75) is 56.9 Å². The minimum atomic E-state index is -4.12. The van der Waals surface area contributed by atoms with Gasteiger partial charge in [-0.2, -0.15) is 13.2 Å². The van der Waals surface area contributed by atoms with Crippen LogP contribution in [-0.2, 0) is 0 Å². The molecule has 116 valence electrons. The summed E-state index contributed by atoms with van der Waals surface area (Å²) in [5.74, 6) is -0.618. The Morgan fingerprint density at radius 2 is 1.90 bits per heavy atom. The molecule has 1 aliphatic carbocycles. The van der Waals surface area contributed by atoms with Crippen LogP contribution in [0.15, 0.2) is 18.2 Å². The van der Waals surface area contributed by atoms with Gasteiger partial charge in [0, 0.05) is 12.0 Å². The van der Waals surface area contributed by atoms with Gasteiger partial charge >= 0.3 is 6.18 Å². The van der Waals surface area contributed by atoms with Crippen LogP contribution in [0.25, 0.3) is 0 Å². The summed E-state index contributed by atoms with van der Waals surface area (Å²) in [5.41, 5.74) is 1.15. The SMILES string of the molecule is Cc1ccc2c(c1)[C@H](O)CC1(CCC(C(F)(F)F)CC1)O2. The van der Waals surface area contributed by atoms with Crippen molar-refractivity contribution in [3.05, 3.63) is 29.3 Å². The standard InChI is InChI=1S/C16H19F3O2/c1-10-2-3-14-12(8-10)13(20)9-15(21-14)6-4-11(5-7-15)16(17,18)19/h2-3,8,11,13,20H,4-7,9H2,1H3/t11?,13-,15?/m1/s1. The van der Waals surface area contributed by atoms with Gasteiger partial charge in [-0.3, -0.25) is 0 Å². The fourth-order valence-corrected chi connectivity index (χ4v) is 3.54. The molecule has 1 aliphatic heterocycles. The first-order chi connectivity index (χ1) is 9.79. The molecular weight excluding hydrogens is 281 g/mol. The number of halogens is 3. The third-order valence-electron chi connectivity index (χ3n) is 4.78. The molecular formula is C16H19F3O2. The van der Waals surface area contributed by atoms with E-state index in [9.17, 15) is 18.3 Å². The Labute approximate surface area is 121 Å². The molecule has 0 aromatic heterocycles. The van der Waals surface area contributed by atoms with Gasteiger partial charge in [0.05, 0.1) is 12.0 Å². The van der Waals surface area contributed by atoms with Crippen LogP contribution in [0.4, 0.5) is 13.2 Å². The lowest BCUT2D eigenvalue weighted by molar-refractivity contribution is -0.193. The number of aryl methyl sites for hydroxylation is 1. The number of hydrogen-bond donors (Lipinski definition) is 1. The Morgan fingerprint density at radius 3 is 2.52 bits per heavy atom. The van der Waals surface area contributed by atoms with Crippen molar-refractivity contribution in [1.82, 2.24) is 0 Å². The lowest BCUT2D eigenvalue weighted by Gasteiger charge is -2.45. The average molecular weight is 300 g/mol. The molecule has 0 unspecified atom stereocenters. The molecule has 1 aromatic rings. The highest BCUT2D eigenvalue weighted by Crippen LogP contribution is 2.49. The van der Waals surface area contributed by atoms with E-state index in [-0.39, 0.29) is 12.8 Å². The van der Waals surface area contributed by atoms with Gasteiger partial charge in [-0.1, -0.05) is 11.6 Å². The maximum absolute atomic E-state index is 12.8. The second kappa shape index (κ2) is 4.90. The average Bonchev–Trinajstić information content (AvgIpc) is 2.39. The Balaban J connectivity index is 1.79. The molecule has 0 radical (unpaired) electrons. The third kappa shape index (κ3) is 2.76. The number of benzene rings is 1. The summed E-state index contributed by atoms with van der Waals surface area (Å²) < 4.78 is 44.3. The Kier molecular flexibility index (Phi) is 3.43. The first-order valence-corrected chi connectivity index (χ1v) is 7.33. The molecule has 0 bridgehead atoms. The van der Waals surface area contributed by atoms with Gasteiger partial charge < -0.3 is 9.84 Å². The predicted octanol–water partition coefficient (Wildman–Crippen LogP) is 4.30. The first kappa shape index (κ1) is 14.7. The number of alkyl halides is 3. The van der Waals surface area contributed by atoms with Gasteiger partial charge in [-0.25, -0.2) is 0 Å². The van der Waals surface area contributed by atoms with Gasteiger partial charge in [0.25, 0.3) is 0 Å². The minimum Gasteiger partial charge on any atom is -0.487 e. The summed E-state index contributed by atoms with van der Waals surface area (Å²) in [4.78, 5) is 0. The van der Waals surface area contributed by atoms with Gasteiger partial charge in [0.15, 0.2) is 0 Å². The zero-order chi connectivity index (χ0) is 15.3. The van der Waals surface area contributed by atoms with Crippen molar-refractivity contribution >= 4 is 0 Å². The Hall–Kier alpha value is -1.23. The largest absolute Gasteiger partial charge is 0.487 e. The number of ether oxygens (including phenoxy) is 1. The summed E-state index contributed by atoms with van der Waals surface area (Å²) in [5, 5.41) is 10.3. The second-order valence-electron chi connectivity index (χ2n) is 6.36. The number of aliphatic hydroxyl groups is 1. The molecule has 1 spiro atoms. The van der Waals surface area contributed by atoms with Crippen molar-refractivity contribution in [3.8, 4) is 5.75 Å². The van der Waals surface area contributed by atoms with Crippen LogP contribution >= 0.6 is 0 Å². The van der Waals surface area contributed by atoms with E-state index in [1.807, 2.05) is 25.1 Å². The van der Waals surface area contributed by atoms with E-state index in [1.165, 1.54) is 0 Å². The summed E-state index contributed by atoms with van der Waals surface area (Å²) in [6.45, 7) is 1.94. The van der Waals surface area contributed by atoms with Crippen molar-refractivity contribution in [3.63, 3.8) is 0 Å². The topological polar surface area (TPSA) is 29.5 Å². The van der Waals surface area contributed by atoms with Crippen LogP contribution in [0.3, 0.4) is 0 Å². The van der Waals surface area contributed by atoms with Gasteiger partial charge in [-0.15, -0.1) is 0 Å². The Morgan fingerprint density at radius 1 is 1.24 bits per heavy atom. The normalized spacial score (nSPS) is 32.6. The molecule has 1 N–H and O–H groups in total. The zero-order valence-electron chi connectivity index (χ0n) is 11.9. The van der Waals surface area contributed by atoms with E-state index in [4.69, 9.17) is 4.74 Å². The van der Waals surface area contributed by atoms with E-state index in [0.717, 1.165) is 11.1 Å². The fourth-order valence-electron chi connectivity index (χ4n) is 3.54. The third-order valence-corrected chi connectivity index (χ3v) is 4.78. The monoisotopic (exact) mass is 300 g/mol. The second-order valence-corrected chi connectivity index (χ2v) is 6.36. The molecule has 1 saturated carbocycles.